The maximum Gasteiger partial charge on any atom is 0.456 e. The van der Waals surface area contributed by atoms with Crippen LogP contribution in [0, 0.1) is 11.3 Å². The molecule has 0 aliphatic heterocycles. The summed E-state index contributed by atoms with van der Waals surface area (Å²) in [4.78, 5) is 24.8. The average molecular weight is 390 g/mol. The SMILES string of the molecule is CCCC(OC(=O)C(CC)(CC)C(=O)OCC(F)(F)C(F)(F)F)C(C)C. The quantitative estimate of drug-likeness (QED) is 0.302. The molecular weight excluding hydrogens is 363 g/mol. The third kappa shape index (κ3) is 5.81. The van der Waals surface area contributed by atoms with Gasteiger partial charge in [-0.3, -0.25) is 9.59 Å². The van der Waals surface area contributed by atoms with Gasteiger partial charge in [-0.05, 0) is 25.2 Å². The lowest BCUT2D eigenvalue weighted by Gasteiger charge is -2.31. The van der Waals surface area contributed by atoms with Crippen LogP contribution in [0.3, 0.4) is 0 Å². The lowest BCUT2D eigenvalue weighted by atomic mass is 9.82. The summed E-state index contributed by atoms with van der Waals surface area (Å²) < 4.78 is 72.2. The zero-order chi connectivity index (χ0) is 20.8. The lowest BCUT2D eigenvalue weighted by Crippen LogP contribution is -2.47. The Balaban J connectivity index is 5.34. The van der Waals surface area contributed by atoms with Gasteiger partial charge in [0.2, 0.25) is 0 Å². The van der Waals surface area contributed by atoms with Crippen molar-refractivity contribution in [2.45, 2.75) is 78.5 Å². The van der Waals surface area contributed by atoms with E-state index < -0.39 is 42.2 Å². The van der Waals surface area contributed by atoms with Crippen molar-refractivity contribution in [1.29, 1.82) is 0 Å². The number of hydrogen-bond donors (Lipinski definition) is 0. The molecule has 0 amide bonds. The van der Waals surface area contributed by atoms with Crippen molar-refractivity contribution < 1.29 is 41.0 Å². The highest BCUT2D eigenvalue weighted by Crippen LogP contribution is 2.37. The monoisotopic (exact) mass is 390 g/mol. The van der Waals surface area contributed by atoms with Crippen LogP contribution in [0.25, 0.3) is 0 Å². The highest BCUT2D eigenvalue weighted by Gasteiger charge is 2.59. The van der Waals surface area contributed by atoms with Gasteiger partial charge in [0, 0.05) is 0 Å². The van der Waals surface area contributed by atoms with E-state index in [0.717, 1.165) is 0 Å². The first-order chi connectivity index (χ1) is 11.8. The molecule has 4 nitrogen and oxygen atoms in total. The number of esters is 2. The minimum Gasteiger partial charge on any atom is -0.461 e. The second-order valence-electron chi connectivity index (χ2n) is 6.54. The number of carbonyl (C=O) groups is 2. The van der Waals surface area contributed by atoms with Gasteiger partial charge >= 0.3 is 24.0 Å². The Kier molecular flexibility index (Phi) is 8.99. The largest absolute Gasteiger partial charge is 0.461 e. The van der Waals surface area contributed by atoms with Crippen LogP contribution >= 0.6 is 0 Å². The van der Waals surface area contributed by atoms with Crippen molar-refractivity contribution in [3.05, 3.63) is 0 Å². The van der Waals surface area contributed by atoms with E-state index in [0.29, 0.717) is 12.8 Å². The van der Waals surface area contributed by atoms with Gasteiger partial charge in [0.1, 0.15) is 6.10 Å². The second kappa shape index (κ2) is 9.50. The van der Waals surface area contributed by atoms with Crippen LogP contribution in [0.5, 0.6) is 0 Å². The van der Waals surface area contributed by atoms with Crippen LogP contribution in [-0.2, 0) is 19.1 Å². The summed E-state index contributed by atoms with van der Waals surface area (Å²) in [5.41, 5.74) is -1.91. The molecule has 26 heavy (non-hydrogen) atoms. The van der Waals surface area contributed by atoms with E-state index in [2.05, 4.69) is 4.74 Å². The number of halogens is 5. The summed E-state index contributed by atoms with van der Waals surface area (Å²) >= 11 is 0. The number of rotatable bonds is 10. The molecular formula is C17H27F5O4. The van der Waals surface area contributed by atoms with Gasteiger partial charge in [-0.15, -0.1) is 0 Å². The van der Waals surface area contributed by atoms with Gasteiger partial charge in [-0.2, -0.15) is 22.0 Å². The molecule has 1 atom stereocenters. The van der Waals surface area contributed by atoms with Crippen LogP contribution in [0.1, 0.15) is 60.3 Å². The summed E-state index contributed by atoms with van der Waals surface area (Å²) in [5, 5.41) is 0. The molecule has 0 N–H and O–H groups in total. The van der Waals surface area contributed by atoms with E-state index in [1.807, 2.05) is 20.8 Å². The van der Waals surface area contributed by atoms with E-state index in [-0.39, 0.29) is 18.8 Å². The predicted molar refractivity (Wildman–Crippen MR) is 84.6 cm³/mol. The Hall–Kier alpha value is -1.41. The van der Waals surface area contributed by atoms with E-state index in [9.17, 15) is 31.5 Å². The van der Waals surface area contributed by atoms with E-state index >= 15 is 0 Å². The fourth-order valence-corrected chi connectivity index (χ4v) is 2.35. The van der Waals surface area contributed by atoms with Crippen LogP contribution < -0.4 is 0 Å². The predicted octanol–water partition coefficient (Wildman–Crippen LogP) is 4.90. The third-order valence-corrected chi connectivity index (χ3v) is 4.36. The van der Waals surface area contributed by atoms with Crippen LogP contribution in [0.4, 0.5) is 22.0 Å². The van der Waals surface area contributed by atoms with Gasteiger partial charge in [0.05, 0.1) is 0 Å². The topological polar surface area (TPSA) is 52.6 Å². The van der Waals surface area contributed by atoms with Crippen LogP contribution in [0.15, 0.2) is 0 Å². The molecule has 0 aromatic heterocycles. The van der Waals surface area contributed by atoms with Gasteiger partial charge in [-0.25, -0.2) is 0 Å². The minimum absolute atomic E-state index is 0.0455. The van der Waals surface area contributed by atoms with Gasteiger partial charge in [-0.1, -0.05) is 41.0 Å². The minimum atomic E-state index is -5.85. The Bertz CT molecular complexity index is 470. The van der Waals surface area contributed by atoms with Crippen LogP contribution in [-0.4, -0.2) is 36.7 Å². The van der Waals surface area contributed by atoms with Gasteiger partial charge < -0.3 is 9.47 Å². The fraction of sp³-hybridized carbons (Fsp3) is 0.882. The number of carbonyl (C=O) groups excluding carboxylic acids is 2. The smallest absolute Gasteiger partial charge is 0.456 e. The zero-order valence-electron chi connectivity index (χ0n) is 15.7. The van der Waals surface area contributed by atoms with E-state index in [4.69, 9.17) is 4.74 Å². The molecule has 0 aromatic carbocycles. The number of ether oxygens (including phenoxy) is 2. The average Bonchev–Trinajstić information content (AvgIpc) is 2.53. The van der Waals surface area contributed by atoms with Crippen molar-refractivity contribution in [3.63, 3.8) is 0 Å². The van der Waals surface area contributed by atoms with Crippen molar-refractivity contribution >= 4 is 11.9 Å². The molecule has 0 radical (unpaired) electrons. The lowest BCUT2D eigenvalue weighted by molar-refractivity contribution is -0.295. The van der Waals surface area contributed by atoms with E-state index in [1.165, 1.54) is 13.8 Å². The fourth-order valence-electron chi connectivity index (χ4n) is 2.35. The van der Waals surface area contributed by atoms with Crippen molar-refractivity contribution in [2.75, 3.05) is 6.61 Å². The van der Waals surface area contributed by atoms with Crippen molar-refractivity contribution in [2.24, 2.45) is 11.3 Å². The maximum atomic E-state index is 13.0. The first kappa shape index (κ1) is 24.6. The molecule has 0 fully saturated rings. The van der Waals surface area contributed by atoms with E-state index in [1.54, 1.807) is 0 Å². The molecule has 0 heterocycles. The molecule has 0 spiro atoms. The second-order valence-corrected chi connectivity index (χ2v) is 6.54. The molecule has 0 aliphatic carbocycles. The third-order valence-electron chi connectivity index (χ3n) is 4.36. The standard InChI is InChI=1S/C17H27F5O4/c1-6-9-12(11(4)5)26-14(24)15(7-2,8-3)13(23)25-10-16(18,19)17(20,21)22/h11-12H,6-10H2,1-5H3. The summed E-state index contributed by atoms with van der Waals surface area (Å²) in [6, 6.07) is 0. The zero-order valence-corrected chi connectivity index (χ0v) is 15.7. The molecule has 0 aromatic rings. The maximum absolute atomic E-state index is 13.0. The Morgan fingerprint density at radius 1 is 0.923 bits per heavy atom. The van der Waals surface area contributed by atoms with Crippen molar-refractivity contribution in [3.8, 4) is 0 Å². The van der Waals surface area contributed by atoms with Gasteiger partial charge in [0.25, 0.3) is 0 Å². The Morgan fingerprint density at radius 2 is 1.42 bits per heavy atom. The van der Waals surface area contributed by atoms with Crippen LogP contribution in [0.2, 0.25) is 0 Å². The number of alkyl halides is 5. The molecule has 0 saturated heterocycles. The molecule has 0 rings (SSSR count). The van der Waals surface area contributed by atoms with Crippen molar-refractivity contribution in [1.82, 2.24) is 0 Å². The normalized spacial score (nSPS) is 14.3. The first-order valence-electron chi connectivity index (χ1n) is 8.61. The number of hydrogen-bond acceptors (Lipinski definition) is 4. The Labute approximate surface area is 150 Å². The summed E-state index contributed by atoms with van der Waals surface area (Å²) in [5.74, 6) is -7.64. The molecule has 154 valence electrons. The molecule has 1 unspecified atom stereocenters. The highest BCUT2D eigenvalue weighted by molar-refractivity contribution is 6.00. The molecule has 0 saturated carbocycles. The highest BCUT2D eigenvalue weighted by atomic mass is 19.4. The Morgan fingerprint density at radius 3 is 1.77 bits per heavy atom. The molecule has 0 bridgehead atoms. The summed E-state index contributed by atoms with van der Waals surface area (Å²) in [7, 11) is 0. The van der Waals surface area contributed by atoms with Gasteiger partial charge in [0.15, 0.2) is 12.0 Å². The first-order valence-corrected chi connectivity index (χ1v) is 8.61. The summed E-state index contributed by atoms with van der Waals surface area (Å²) in [6.07, 6.45) is -5.38. The summed E-state index contributed by atoms with van der Waals surface area (Å²) in [6.45, 7) is 6.22. The molecule has 9 heteroatoms. The molecule has 0 aliphatic rings.